The zero-order valence-electron chi connectivity index (χ0n) is 21.6. The number of carbonyl (C=O) groups is 1. The predicted molar refractivity (Wildman–Crippen MR) is 137 cm³/mol. The van der Waals surface area contributed by atoms with E-state index >= 15 is 0 Å². The molecule has 208 valence electrons. The summed E-state index contributed by atoms with van der Waals surface area (Å²) in [5.41, 5.74) is 1.34. The van der Waals surface area contributed by atoms with Crippen LogP contribution in [0.1, 0.15) is 56.1 Å². The fourth-order valence-electron chi connectivity index (χ4n) is 5.65. The van der Waals surface area contributed by atoms with Gasteiger partial charge in [-0.1, -0.05) is 36.4 Å². The molecule has 37 heavy (non-hydrogen) atoms. The van der Waals surface area contributed by atoms with Crippen LogP contribution < -0.4 is 0 Å². The minimum Gasteiger partial charge on any atom is -0.465 e. The molecule has 8 heteroatoms. The second-order valence-electron chi connectivity index (χ2n) is 11.0. The first-order chi connectivity index (χ1) is 17.8. The van der Waals surface area contributed by atoms with Crippen molar-refractivity contribution >= 4 is 5.97 Å². The third-order valence-electron chi connectivity index (χ3n) is 8.27. The summed E-state index contributed by atoms with van der Waals surface area (Å²) >= 11 is 0. The van der Waals surface area contributed by atoms with Gasteiger partial charge in [0.25, 0.3) is 0 Å². The molecule has 7 nitrogen and oxygen atoms in total. The number of allylic oxidation sites excluding steroid dienone is 2. The summed E-state index contributed by atoms with van der Waals surface area (Å²) < 4.78 is 19.8. The molecule has 1 fully saturated rings. The summed E-state index contributed by atoms with van der Waals surface area (Å²) in [6.45, 7) is -1.72. The van der Waals surface area contributed by atoms with Gasteiger partial charge in [0.15, 0.2) is 0 Å². The number of ether oxygens (including phenoxy) is 1. The molecule has 0 amide bonds. The first-order valence-corrected chi connectivity index (χ1v) is 13.5. The number of halogens is 1. The number of hydrogen-bond donors (Lipinski definition) is 5. The Morgan fingerprint density at radius 1 is 1.08 bits per heavy atom. The smallest absolute Gasteiger partial charge is 0.305 e. The Morgan fingerprint density at radius 2 is 1.73 bits per heavy atom. The normalized spacial score (nSPS) is 25.0. The van der Waals surface area contributed by atoms with Crippen molar-refractivity contribution in [1.82, 2.24) is 0 Å². The van der Waals surface area contributed by atoms with E-state index in [-0.39, 0.29) is 37.2 Å². The summed E-state index contributed by atoms with van der Waals surface area (Å²) in [5, 5.41) is 49.1. The molecule has 0 spiro atoms. The summed E-state index contributed by atoms with van der Waals surface area (Å²) in [7, 11) is 0. The van der Waals surface area contributed by atoms with Gasteiger partial charge in [0.1, 0.15) is 12.8 Å². The molecule has 0 aromatic heterocycles. The fourth-order valence-corrected chi connectivity index (χ4v) is 5.65. The van der Waals surface area contributed by atoms with Crippen LogP contribution in [-0.4, -0.2) is 76.3 Å². The standard InChI is InChI=1S/C29H43FO7/c30-25-15-27(35)24(9-3-1-2-4-10-28(36)37-19-29(16-31,17-32)18-33)23(25)11-12-26(34)22-13-20-7-5-6-8-21(20)14-22/h1,3,5-8,22-27,31-35H,2,4,9-19H2/b3-1+/t23-,24-,25+,26-,27+/m1/s1. The Morgan fingerprint density at radius 3 is 2.35 bits per heavy atom. The lowest BCUT2D eigenvalue weighted by molar-refractivity contribution is -0.151. The van der Waals surface area contributed by atoms with Crippen molar-refractivity contribution in [2.45, 2.75) is 76.2 Å². The molecule has 0 unspecified atom stereocenters. The van der Waals surface area contributed by atoms with Gasteiger partial charge in [0, 0.05) is 12.8 Å². The summed E-state index contributed by atoms with van der Waals surface area (Å²) in [6, 6.07) is 8.25. The van der Waals surface area contributed by atoms with Gasteiger partial charge in [-0.15, -0.1) is 0 Å². The van der Waals surface area contributed by atoms with E-state index in [2.05, 4.69) is 12.1 Å². The van der Waals surface area contributed by atoms with Crippen molar-refractivity contribution in [3.63, 3.8) is 0 Å². The van der Waals surface area contributed by atoms with Crippen LogP contribution in [-0.2, 0) is 22.4 Å². The summed E-state index contributed by atoms with van der Waals surface area (Å²) in [4.78, 5) is 11.9. The maximum Gasteiger partial charge on any atom is 0.305 e. The van der Waals surface area contributed by atoms with Crippen molar-refractivity contribution in [2.24, 2.45) is 23.2 Å². The number of unbranched alkanes of at least 4 members (excludes halogenated alkanes) is 1. The largest absolute Gasteiger partial charge is 0.465 e. The quantitative estimate of drug-likeness (QED) is 0.136. The first-order valence-electron chi connectivity index (χ1n) is 13.5. The molecule has 0 radical (unpaired) electrons. The molecule has 1 aromatic carbocycles. The van der Waals surface area contributed by atoms with Gasteiger partial charge in [-0.2, -0.15) is 0 Å². The molecule has 2 aliphatic carbocycles. The maximum absolute atomic E-state index is 14.7. The lowest BCUT2D eigenvalue weighted by atomic mass is 9.84. The average Bonchev–Trinajstić information content (AvgIpc) is 3.46. The molecule has 5 atom stereocenters. The molecule has 2 aliphatic rings. The topological polar surface area (TPSA) is 127 Å². The van der Waals surface area contributed by atoms with Crippen LogP contribution in [0.4, 0.5) is 4.39 Å². The van der Waals surface area contributed by atoms with Gasteiger partial charge < -0.3 is 30.3 Å². The lowest BCUT2D eigenvalue weighted by Gasteiger charge is -2.26. The van der Waals surface area contributed by atoms with Crippen LogP contribution in [0.15, 0.2) is 36.4 Å². The molecule has 5 N–H and O–H groups in total. The molecular weight excluding hydrogens is 479 g/mol. The Labute approximate surface area is 219 Å². The van der Waals surface area contributed by atoms with Gasteiger partial charge in [-0.05, 0) is 73.8 Å². The van der Waals surface area contributed by atoms with Crippen LogP contribution >= 0.6 is 0 Å². The fraction of sp³-hybridized carbons (Fsp3) is 0.690. The van der Waals surface area contributed by atoms with Crippen molar-refractivity contribution in [3.8, 4) is 0 Å². The molecular formula is C29H43FO7. The Bertz CT molecular complexity index is 838. The predicted octanol–water partition coefficient (Wildman–Crippen LogP) is 2.50. The Balaban J connectivity index is 1.37. The van der Waals surface area contributed by atoms with E-state index in [1.54, 1.807) is 0 Å². The summed E-state index contributed by atoms with van der Waals surface area (Å²) in [5.74, 6) is -0.770. The number of benzene rings is 1. The number of aliphatic hydroxyl groups is 5. The highest BCUT2D eigenvalue weighted by atomic mass is 19.1. The van der Waals surface area contributed by atoms with Crippen LogP contribution in [0.25, 0.3) is 0 Å². The van der Waals surface area contributed by atoms with Crippen molar-refractivity contribution in [2.75, 3.05) is 26.4 Å². The molecule has 1 saturated carbocycles. The average molecular weight is 523 g/mol. The van der Waals surface area contributed by atoms with E-state index < -0.39 is 49.6 Å². The van der Waals surface area contributed by atoms with E-state index in [0.717, 1.165) is 12.8 Å². The lowest BCUT2D eigenvalue weighted by Crippen LogP contribution is -2.39. The van der Waals surface area contributed by atoms with Gasteiger partial charge >= 0.3 is 5.97 Å². The van der Waals surface area contributed by atoms with Crippen LogP contribution in [0.3, 0.4) is 0 Å². The number of aliphatic hydroxyl groups excluding tert-OH is 5. The Hall–Kier alpha value is -1.84. The number of hydrogen-bond acceptors (Lipinski definition) is 7. The van der Waals surface area contributed by atoms with Gasteiger partial charge in [-0.25, -0.2) is 4.39 Å². The zero-order chi connectivity index (χ0) is 26.8. The molecule has 1 aromatic rings. The van der Waals surface area contributed by atoms with Crippen LogP contribution in [0.5, 0.6) is 0 Å². The monoisotopic (exact) mass is 522 g/mol. The highest BCUT2D eigenvalue weighted by Gasteiger charge is 2.42. The van der Waals surface area contributed by atoms with Crippen molar-refractivity contribution in [1.29, 1.82) is 0 Å². The highest BCUT2D eigenvalue weighted by Crippen LogP contribution is 2.41. The highest BCUT2D eigenvalue weighted by molar-refractivity contribution is 5.69. The number of alkyl halides is 1. The van der Waals surface area contributed by atoms with E-state index in [4.69, 9.17) is 4.74 Å². The van der Waals surface area contributed by atoms with Crippen LogP contribution in [0, 0.1) is 23.2 Å². The molecule has 0 aliphatic heterocycles. The van der Waals surface area contributed by atoms with Crippen molar-refractivity contribution < 1.29 is 39.5 Å². The second-order valence-corrected chi connectivity index (χ2v) is 11.0. The van der Waals surface area contributed by atoms with Gasteiger partial charge in [-0.3, -0.25) is 4.79 Å². The number of rotatable bonds is 15. The van der Waals surface area contributed by atoms with Gasteiger partial charge in [0.2, 0.25) is 0 Å². The third-order valence-corrected chi connectivity index (χ3v) is 8.27. The van der Waals surface area contributed by atoms with Crippen LogP contribution in [0.2, 0.25) is 0 Å². The SMILES string of the molecule is O=C(CCC/C=C/C[C@@H]1[C@@H](CC[C@@H](O)C2Cc3ccccc3C2)[C@@H](F)C[C@@H]1O)OCC(CO)(CO)CO. The van der Waals surface area contributed by atoms with E-state index in [9.17, 15) is 34.7 Å². The minimum atomic E-state index is -1.24. The molecule has 0 saturated heterocycles. The minimum absolute atomic E-state index is 0.136. The zero-order valence-corrected chi connectivity index (χ0v) is 21.6. The molecule has 3 rings (SSSR count). The van der Waals surface area contributed by atoms with Gasteiger partial charge in [0.05, 0.1) is 37.4 Å². The summed E-state index contributed by atoms with van der Waals surface area (Å²) in [6.07, 6.45) is 6.40. The second kappa shape index (κ2) is 14.4. The molecule has 0 bridgehead atoms. The van der Waals surface area contributed by atoms with E-state index in [1.807, 2.05) is 24.3 Å². The Kier molecular flexibility index (Phi) is 11.5. The van der Waals surface area contributed by atoms with E-state index in [1.165, 1.54) is 11.1 Å². The molecule has 0 heterocycles. The van der Waals surface area contributed by atoms with Crippen molar-refractivity contribution in [3.05, 3.63) is 47.5 Å². The third kappa shape index (κ3) is 8.07. The first kappa shape index (κ1) is 29.7. The number of esters is 1. The number of carbonyl (C=O) groups excluding carboxylic acids is 1. The maximum atomic E-state index is 14.7. The number of fused-ring (bicyclic) bond motifs is 1. The van der Waals surface area contributed by atoms with E-state index in [0.29, 0.717) is 32.1 Å².